The molecule has 2 heterocycles. The van der Waals surface area contributed by atoms with Gasteiger partial charge >= 0.3 is 0 Å². The van der Waals surface area contributed by atoms with E-state index in [0.29, 0.717) is 25.0 Å². The molecule has 4 unspecified atom stereocenters. The summed E-state index contributed by atoms with van der Waals surface area (Å²) in [4.78, 5) is 14.5. The Morgan fingerprint density at radius 1 is 1.41 bits per heavy atom. The summed E-state index contributed by atoms with van der Waals surface area (Å²) in [5, 5.41) is 0. The molecule has 0 spiro atoms. The smallest absolute Gasteiger partial charge is 0.232 e. The summed E-state index contributed by atoms with van der Waals surface area (Å²) in [6, 6.07) is -0.162. The van der Waals surface area contributed by atoms with Crippen molar-refractivity contribution in [3.05, 3.63) is 0 Å². The van der Waals surface area contributed by atoms with Gasteiger partial charge in [0.15, 0.2) is 0 Å². The molecule has 2 saturated heterocycles. The van der Waals surface area contributed by atoms with Crippen LogP contribution in [0.1, 0.15) is 27.2 Å². The summed E-state index contributed by atoms with van der Waals surface area (Å²) in [7, 11) is 0. The highest BCUT2D eigenvalue weighted by Gasteiger charge is 2.47. The summed E-state index contributed by atoms with van der Waals surface area (Å²) in [6.07, 6.45) is 1.10. The van der Waals surface area contributed by atoms with E-state index < -0.39 is 5.41 Å². The zero-order valence-electron chi connectivity index (χ0n) is 11.1. The number of ether oxygens (including phenoxy) is 1. The highest BCUT2D eigenvalue weighted by molar-refractivity contribution is 5.83. The van der Waals surface area contributed by atoms with E-state index in [9.17, 15) is 4.79 Å². The average Bonchev–Trinajstić information content (AvgIpc) is 2.63. The van der Waals surface area contributed by atoms with Crippen molar-refractivity contribution in [1.82, 2.24) is 4.90 Å². The number of hydrogen-bond donors (Lipinski definition) is 1. The molecule has 0 aromatic carbocycles. The second-order valence-corrected chi connectivity index (χ2v) is 6.03. The van der Waals surface area contributed by atoms with E-state index in [-0.39, 0.29) is 11.9 Å². The van der Waals surface area contributed by atoms with Crippen LogP contribution >= 0.6 is 0 Å². The molecule has 0 aromatic heterocycles. The van der Waals surface area contributed by atoms with E-state index >= 15 is 0 Å². The fraction of sp³-hybridized carbons (Fsp3) is 0.923. The molecule has 1 amide bonds. The molecule has 17 heavy (non-hydrogen) atoms. The second kappa shape index (κ2) is 4.58. The van der Waals surface area contributed by atoms with E-state index in [1.54, 1.807) is 0 Å². The summed E-state index contributed by atoms with van der Waals surface area (Å²) >= 11 is 0. The van der Waals surface area contributed by atoms with Crippen LogP contribution < -0.4 is 5.73 Å². The number of nitrogens with two attached hydrogens (primary N) is 1. The predicted molar refractivity (Wildman–Crippen MR) is 66.4 cm³/mol. The summed E-state index contributed by atoms with van der Waals surface area (Å²) in [5.41, 5.74) is 5.50. The molecule has 2 N–H and O–H groups in total. The summed E-state index contributed by atoms with van der Waals surface area (Å²) in [6.45, 7) is 9.12. The van der Waals surface area contributed by atoms with Crippen LogP contribution in [0, 0.1) is 17.3 Å². The lowest BCUT2D eigenvalue weighted by atomic mass is 9.82. The van der Waals surface area contributed by atoms with Crippen molar-refractivity contribution in [3.63, 3.8) is 0 Å². The van der Waals surface area contributed by atoms with Gasteiger partial charge < -0.3 is 15.4 Å². The first-order chi connectivity index (χ1) is 7.95. The highest BCUT2D eigenvalue weighted by Crippen LogP contribution is 2.32. The van der Waals surface area contributed by atoms with Crippen molar-refractivity contribution in [2.45, 2.75) is 33.2 Å². The lowest BCUT2D eigenvalue weighted by molar-refractivity contribution is -0.144. The van der Waals surface area contributed by atoms with Crippen LogP contribution in [0.15, 0.2) is 0 Å². The first kappa shape index (κ1) is 12.8. The van der Waals surface area contributed by atoms with E-state index in [0.717, 1.165) is 19.5 Å². The van der Waals surface area contributed by atoms with Crippen molar-refractivity contribution in [2.75, 3.05) is 26.3 Å². The summed E-state index contributed by atoms with van der Waals surface area (Å²) in [5.74, 6) is 1.47. The Kier molecular flexibility index (Phi) is 3.46. The normalized spacial score (nSPS) is 42.8. The molecule has 0 aliphatic carbocycles. The number of carbonyl (C=O) groups excluding carboxylic acids is 1. The first-order valence-electron chi connectivity index (χ1n) is 6.58. The van der Waals surface area contributed by atoms with Gasteiger partial charge in [0.05, 0.1) is 18.6 Å². The maximum absolute atomic E-state index is 12.6. The molecule has 4 nitrogen and oxygen atoms in total. The standard InChI is InChI=1S/C13H24N2O2/c1-9-4-5-15(6-10(9)2)12(16)13(3)8-17-7-11(13)14/h9-11H,4-8,14H2,1-3H3. The molecule has 2 aliphatic heterocycles. The third-order valence-electron chi connectivity index (χ3n) is 4.63. The van der Waals surface area contributed by atoms with Gasteiger partial charge in [0.1, 0.15) is 0 Å². The zero-order valence-corrected chi connectivity index (χ0v) is 11.1. The molecule has 0 aromatic rings. The lowest BCUT2D eigenvalue weighted by Crippen LogP contribution is -2.54. The number of hydrogen-bond acceptors (Lipinski definition) is 3. The van der Waals surface area contributed by atoms with Crippen LogP contribution in [-0.2, 0) is 9.53 Å². The van der Waals surface area contributed by atoms with Gasteiger partial charge in [-0.25, -0.2) is 0 Å². The van der Waals surface area contributed by atoms with Crippen LogP contribution in [0.2, 0.25) is 0 Å². The van der Waals surface area contributed by atoms with Gasteiger partial charge in [-0.15, -0.1) is 0 Å². The van der Waals surface area contributed by atoms with Crippen molar-refractivity contribution in [1.29, 1.82) is 0 Å². The van der Waals surface area contributed by atoms with E-state index in [1.165, 1.54) is 0 Å². The average molecular weight is 240 g/mol. The Bertz CT molecular complexity index is 308. The minimum Gasteiger partial charge on any atom is -0.379 e. The fourth-order valence-corrected chi connectivity index (χ4v) is 2.72. The SMILES string of the molecule is CC1CCN(C(=O)C2(C)COCC2N)CC1C. The van der Waals surface area contributed by atoms with Crippen molar-refractivity contribution < 1.29 is 9.53 Å². The maximum atomic E-state index is 12.6. The fourth-order valence-electron chi connectivity index (χ4n) is 2.72. The third kappa shape index (κ3) is 2.20. The Morgan fingerprint density at radius 3 is 2.65 bits per heavy atom. The topological polar surface area (TPSA) is 55.6 Å². The van der Waals surface area contributed by atoms with Gasteiger partial charge in [0.25, 0.3) is 0 Å². The van der Waals surface area contributed by atoms with Crippen LogP contribution in [0.4, 0.5) is 0 Å². The molecule has 0 radical (unpaired) electrons. The molecule has 98 valence electrons. The Hall–Kier alpha value is -0.610. The van der Waals surface area contributed by atoms with Crippen molar-refractivity contribution in [3.8, 4) is 0 Å². The second-order valence-electron chi connectivity index (χ2n) is 6.03. The van der Waals surface area contributed by atoms with Crippen molar-refractivity contribution >= 4 is 5.91 Å². The van der Waals surface area contributed by atoms with Gasteiger partial charge in [-0.05, 0) is 25.2 Å². The number of piperidine rings is 1. The maximum Gasteiger partial charge on any atom is 0.232 e. The Morgan fingerprint density at radius 2 is 2.12 bits per heavy atom. The van der Waals surface area contributed by atoms with Gasteiger partial charge in [-0.1, -0.05) is 13.8 Å². The molecule has 4 atom stereocenters. The molecular formula is C13H24N2O2. The minimum atomic E-state index is -0.514. The van der Waals surface area contributed by atoms with Gasteiger partial charge in [0, 0.05) is 19.1 Å². The zero-order chi connectivity index (χ0) is 12.6. The molecule has 4 heteroatoms. The Balaban J connectivity index is 2.05. The quantitative estimate of drug-likeness (QED) is 0.739. The number of carbonyl (C=O) groups is 1. The van der Waals surface area contributed by atoms with E-state index in [4.69, 9.17) is 10.5 Å². The largest absolute Gasteiger partial charge is 0.379 e. The Labute approximate surface area is 103 Å². The summed E-state index contributed by atoms with van der Waals surface area (Å²) < 4.78 is 5.36. The monoisotopic (exact) mass is 240 g/mol. The predicted octanol–water partition coefficient (Wildman–Crippen LogP) is 0.855. The molecule has 2 rings (SSSR count). The van der Waals surface area contributed by atoms with E-state index in [1.807, 2.05) is 11.8 Å². The molecule has 2 fully saturated rings. The minimum absolute atomic E-state index is 0.162. The molecule has 0 saturated carbocycles. The van der Waals surface area contributed by atoms with Gasteiger partial charge in [-0.2, -0.15) is 0 Å². The van der Waals surface area contributed by atoms with Crippen molar-refractivity contribution in [2.24, 2.45) is 23.0 Å². The molecule has 2 aliphatic rings. The van der Waals surface area contributed by atoms with Crippen LogP contribution in [0.25, 0.3) is 0 Å². The number of nitrogens with zero attached hydrogens (tertiary/aromatic N) is 1. The van der Waals surface area contributed by atoms with Gasteiger partial charge in [0.2, 0.25) is 5.91 Å². The highest BCUT2D eigenvalue weighted by atomic mass is 16.5. The number of amides is 1. The number of likely N-dealkylation sites (tertiary alicyclic amines) is 1. The van der Waals surface area contributed by atoms with Crippen LogP contribution in [0.5, 0.6) is 0 Å². The third-order valence-corrected chi connectivity index (χ3v) is 4.63. The molecule has 0 bridgehead atoms. The lowest BCUT2D eigenvalue weighted by Gasteiger charge is -2.40. The van der Waals surface area contributed by atoms with Crippen LogP contribution in [-0.4, -0.2) is 43.2 Å². The molecular weight excluding hydrogens is 216 g/mol. The van der Waals surface area contributed by atoms with Gasteiger partial charge in [-0.3, -0.25) is 4.79 Å². The van der Waals surface area contributed by atoms with E-state index in [2.05, 4.69) is 13.8 Å². The first-order valence-corrected chi connectivity index (χ1v) is 6.58. The van der Waals surface area contributed by atoms with Crippen LogP contribution in [0.3, 0.4) is 0 Å². The number of rotatable bonds is 1.